The summed E-state index contributed by atoms with van der Waals surface area (Å²) in [6, 6.07) is 3.71. The van der Waals surface area contributed by atoms with E-state index in [1.54, 1.807) is 6.92 Å². The average Bonchev–Trinajstić information content (AvgIpc) is 2.82. The number of rotatable bonds is 1. The molecule has 1 saturated carbocycles. The molecule has 98 valence electrons. The van der Waals surface area contributed by atoms with Crippen LogP contribution in [0.3, 0.4) is 0 Å². The van der Waals surface area contributed by atoms with E-state index in [2.05, 4.69) is 4.90 Å². The van der Waals surface area contributed by atoms with Gasteiger partial charge >= 0.3 is 0 Å². The molecule has 1 heterocycles. The number of anilines is 2. The molecule has 1 aromatic carbocycles. The summed E-state index contributed by atoms with van der Waals surface area (Å²) in [5.74, 6) is -0.229. The molecule has 0 radical (unpaired) electrons. The second-order valence-electron chi connectivity index (χ2n) is 5.26. The Kier molecular flexibility index (Phi) is 2.90. The molecule has 0 spiro atoms. The van der Waals surface area contributed by atoms with Gasteiger partial charge in [0.05, 0.1) is 30.1 Å². The predicted octanol–water partition coefficient (Wildman–Crippen LogP) is 2.47. The lowest BCUT2D eigenvalue weighted by Crippen LogP contribution is -2.48. The van der Waals surface area contributed by atoms with E-state index in [0.29, 0.717) is 23.4 Å². The first-order chi connectivity index (χ1) is 8.66. The van der Waals surface area contributed by atoms with E-state index in [9.17, 15) is 4.39 Å². The van der Waals surface area contributed by atoms with Crippen molar-refractivity contribution in [2.24, 2.45) is 0 Å². The van der Waals surface area contributed by atoms with Gasteiger partial charge in [-0.25, -0.2) is 4.39 Å². The highest BCUT2D eigenvalue weighted by atomic mass is 19.1. The van der Waals surface area contributed by atoms with Crippen LogP contribution in [0.4, 0.5) is 15.8 Å². The van der Waals surface area contributed by atoms with Crippen LogP contribution in [0.15, 0.2) is 12.1 Å². The van der Waals surface area contributed by atoms with E-state index in [4.69, 9.17) is 10.5 Å². The summed E-state index contributed by atoms with van der Waals surface area (Å²) < 4.78 is 19.3. The molecular weight excluding hydrogens is 231 g/mol. The molecule has 3 rings (SSSR count). The monoisotopic (exact) mass is 250 g/mol. The second-order valence-corrected chi connectivity index (χ2v) is 5.26. The van der Waals surface area contributed by atoms with Crippen molar-refractivity contribution < 1.29 is 9.13 Å². The molecule has 2 N–H and O–H groups in total. The van der Waals surface area contributed by atoms with Crippen LogP contribution in [0.1, 0.15) is 24.8 Å². The minimum Gasteiger partial charge on any atom is -0.397 e. The van der Waals surface area contributed by atoms with Crippen molar-refractivity contribution in [1.82, 2.24) is 0 Å². The smallest absolute Gasteiger partial charge is 0.128 e. The minimum absolute atomic E-state index is 0.229. The number of hydrogen-bond donors (Lipinski definition) is 1. The number of hydrogen-bond acceptors (Lipinski definition) is 3. The van der Waals surface area contributed by atoms with Gasteiger partial charge in [-0.2, -0.15) is 0 Å². The molecule has 4 heteroatoms. The molecule has 1 saturated heterocycles. The van der Waals surface area contributed by atoms with Gasteiger partial charge in [0.2, 0.25) is 0 Å². The van der Waals surface area contributed by atoms with Crippen molar-refractivity contribution >= 4 is 11.4 Å². The van der Waals surface area contributed by atoms with Crippen molar-refractivity contribution in [2.45, 2.75) is 38.3 Å². The first-order valence-corrected chi connectivity index (χ1v) is 6.60. The summed E-state index contributed by atoms with van der Waals surface area (Å²) in [5, 5.41) is 0. The quantitative estimate of drug-likeness (QED) is 0.778. The summed E-state index contributed by atoms with van der Waals surface area (Å²) in [4.78, 5) is 2.31. The fourth-order valence-corrected chi connectivity index (χ4v) is 3.16. The van der Waals surface area contributed by atoms with Crippen molar-refractivity contribution in [3.63, 3.8) is 0 Å². The Bertz CT molecular complexity index is 463. The summed E-state index contributed by atoms with van der Waals surface area (Å²) >= 11 is 0. The fraction of sp³-hybridized carbons (Fsp3) is 0.571. The normalized spacial score (nSPS) is 27.3. The van der Waals surface area contributed by atoms with Crippen molar-refractivity contribution in [1.29, 1.82) is 0 Å². The lowest BCUT2D eigenvalue weighted by molar-refractivity contribution is 0.0257. The molecule has 2 unspecified atom stereocenters. The van der Waals surface area contributed by atoms with Crippen LogP contribution in [0.5, 0.6) is 0 Å². The number of morpholine rings is 1. The number of halogens is 1. The number of ether oxygens (including phenoxy) is 1. The Morgan fingerprint density at radius 3 is 3.06 bits per heavy atom. The molecule has 18 heavy (non-hydrogen) atoms. The van der Waals surface area contributed by atoms with E-state index < -0.39 is 0 Å². The lowest BCUT2D eigenvalue weighted by Gasteiger charge is -2.40. The maximum absolute atomic E-state index is 13.5. The highest BCUT2D eigenvalue weighted by Gasteiger charge is 2.36. The zero-order chi connectivity index (χ0) is 12.7. The van der Waals surface area contributed by atoms with Crippen LogP contribution in [0, 0.1) is 12.7 Å². The highest BCUT2D eigenvalue weighted by Crippen LogP contribution is 2.36. The Morgan fingerprint density at radius 1 is 1.39 bits per heavy atom. The van der Waals surface area contributed by atoms with Crippen LogP contribution in [0.25, 0.3) is 0 Å². The molecule has 0 amide bonds. The van der Waals surface area contributed by atoms with E-state index >= 15 is 0 Å². The number of nitrogens with two attached hydrogens (primary N) is 1. The third-order valence-electron chi connectivity index (χ3n) is 4.10. The molecule has 3 nitrogen and oxygen atoms in total. The lowest BCUT2D eigenvalue weighted by atomic mass is 10.1. The standard InChI is InChI=1S/C14H19FN2O/c1-9-7-13(11(16)8-10(9)15)17-5-6-18-14-4-2-3-12(14)17/h7-8,12,14H,2-6,16H2,1H3. The topological polar surface area (TPSA) is 38.5 Å². The van der Waals surface area contributed by atoms with Gasteiger partial charge in [-0.05, 0) is 43.9 Å². The zero-order valence-corrected chi connectivity index (χ0v) is 10.7. The van der Waals surface area contributed by atoms with E-state index in [1.165, 1.54) is 12.5 Å². The molecule has 1 aliphatic heterocycles. The molecular formula is C14H19FN2O. The minimum atomic E-state index is -0.229. The predicted molar refractivity (Wildman–Crippen MR) is 70.3 cm³/mol. The van der Waals surface area contributed by atoms with Gasteiger partial charge in [0.15, 0.2) is 0 Å². The Labute approximate surface area is 107 Å². The van der Waals surface area contributed by atoms with E-state index in [0.717, 1.165) is 31.7 Å². The van der Waals surface area contributed by atoms with E-state index in [1.807, 2.05) is 6.07 Å². The van der Waals surface area contributed by atoms with Crippen molar-refractivity contribution in [3.05, 3.63) is 23.5 Å². The molecule has 2 fully saturated rings. The summed E-state index contributed by atoms with van der Waals surface area (Å²) in [5.41, 5.74) is 8.13. The van der Waals surface area contributed by atoms with Gasteiger partial charge < -0.3 is 15.4 Å². The molecule has 0 aromatic heterocycles. The number of nitrogens with zero attached hydrogens (tertiary/aromatic N) is 1. The molecule has 0 bridgehead atoms. The van der Waals surface area contributed by atoms with Gasteiger partial charge in [0.1, 0.15) is 5.82 Å². The van der Waals surface area contributed by atoms with Gasteiger partial charge in [0, 0.05) is 6.54 Å². The molecule has 2 atom stereocenters. The second kappa shape index (κ2) is 4.43. The van der Waals surface area contributed by atoms with Gasteiger partial charge in [-0.3, -0.25) is 0 Å². The van der Waals surface area contributed by atoms with Crippen molar-refractivity contribution in [3.8, 4) is 0 Å². The first-order valence-electron chi connectivity index (χ1n) is 6.60. The summed E-state index contributed by atoms with van der Waals surface area (Å²) in [6.45, 7) is 3.36. The van der Waals surface area contributed by atoms with Gasteiger partial charge in [-0.15, -0.1) is 0 Å². The summed E-state index contributed by atoms with van der Waals surface area (Å²) in [6.07, 6.45) is 3.79. The van der Waals surface area contributed by atoms with Crippen LogP contribution in [0.2, 0.25) is 0 Å². The third-order valence-corrected chi connectivity index (χ3v) is 4.10. The Hall–Kier alpha value is -1.29. The Balaban J connectivity index is 1.96. The SMILES string of the molecule is Cc1cc(N2CCOC3CCCC32)c(N)cc1F. The zero-order valence-electron chi connectivity index (χ0n) is 10.7. The van der Waals surface area contributed by atoms with Gasteiger partial charge in [-0.1, -0.05) is 0 Å². The Morgan fingerprint density at radius 2 is 2.22 bits per heavy atom. The molecule has 2 aliphatic rings. The number of aryl methyl sites for hydroxylation is 1. The molecule has 1 aromatic rings. The fourth-order valence-electron chi connectivity index (χ4n) is 3.16. The maximum atomic E-state index is 13.5. The molecule has 1 aliphatic carbocycles. The first kappa shape index (κ1) is 11.8. The number of nitrogen functional groups attached to an aromatic ring is 1. The largest absolute Gasteiger partial charge is 0.397 e. The third kappa shape index (κ3) is 1.85. The average molecular weight is 250 g/mol. The van der Waals surface area contributed by atoms with Crippen molar-refractivity contribution in [2.75, 3.05) is 23.8 Å². The highest BCUT2D eigenvalue weighted by molar-refractivity contribution is 5.69. The van der Waals surface area contributed by atoms with E-state index in [-0.39, 0.29) is 5.82 Å². The van der Waals surface area contributed by atoms with Gasteiger partial charge in [0.25, 0.3) is 0 Å². The summed E-state index contributed by atoms with van der Waals surface area (Å²) in [7, 11) is 0. The van der Waals surface area contributed by atoms with Crippen LogP contribution >= 0.6 is 0 Å². The number of fused-ring (bicyclic) bond motifs is 1. The number of benzene rings is 1. The maximum Gasteiger partial charge on any atom is 0.128 e. The van der Waals surface area contributed by atoms with Crippen LogP contribution in [-0.2, 0) is 4.74 Å². The van der Waals surface area contributed by atoms with Crippen LogP contribution < -0.4 is 10.6 Å². The van der Waals surface area contributed by atoms with Crippen LogP contribution in [-0.4, -0.2) is 25.3 Å².